The van der Waals surface area contributed by atoms with Crippen molar-refractivity contribution in [1.29, 1.82) is 0 Å². The first-order valence-corrected chi connectivity index (χ1v) is 8.08. The molecule has 0 aliphatic rings. The van der Waals surface area contributed by atoms with Gasteiger partial charge in [-0.15, -0.1) is 0 Å². The van der Waals surface area contributed by atoms with Crippen LogP contribution in [0.1, 0.15) is 19.4 Å². The van der Waals surface area contributed by atoms with E-state index in [0.717, 1.165) is 0 Å². The van der Waals surface area contributed by atoms with Gasteiger partial charge in [-0.25, -0.2) is 13.1 Å². The predicted molar refractivity (Wildman–Crippen MR) is 78.2 cm³/mol. The van der Waals surface area contributed by atoms with Crippen LogP contribution in [0, 0.1) is 5.92 Å². The molecule has 0 aliphatic heterocycles. The third-order valence-corrected chi connectivity index (χ3v) is 4.80. The molecule has 0 amide bonds. The number of aliphatic hydroxyl groups excluding tert-OH is 1. The Kier molecular flexibility index (Phi) is 6.42. The van der Waals surface area contributed by atoms with Gasteiger partial charge >= 0.3 is 0 Å². The molecule has 7 heteroatoms. The van der Waals surface area contributed by atoms with Gasteiger partial charge in [0, 0.05) is 18.2 Å². The fourth-order valence-electron chi connectivity index (χ4n) is 1.63. The van der Waals surface area contributed by atoms with Crippen molar-refractivity contribution in [1.82, 2.24) is 4.72 Å². The van der Waals surface area contributed by atoms with Crippen molar-refractivity contribution in [2.75, 3.05) is 13.7 Å². The highest BCUT2D eigenvalue weighted by atomic mass is 35.5. The molecule has 1 aromatic carbocycles. The van der Waals surface area contributed by atoms with Gasteiger partial charge in [0.25, 0.3) is 0 Å². The maximum atomic E-state index is 12.3. The Morgan fingerprint density at radius 3 is 2.50 bits per heavy atom. The number of methoxy groups -OCH3 is 1. The summed E-state index contributed by atoms with van der Waals surface area (Å²) >= 11 is 5.92. The highest BCUT2D eigenvalue weighted by molar-refractivity contribution is 7.89. The summed E-state index contributed by atoms with van der Waals surface area (Å²) in [6.07, 6.45) is 0. The molecule has 0 heterocycles. The molecule has 0 aromatic heterocycles. The number of nitrogens with one attached hydrogen (secondary N) is 1. The van der Waals surface area contributed by atoms with Crippen molar-refractivity contribution in [2.45, 2.75) is 31.4 Å². The quantitative estimate of drug-likeness (QED) is 0.802. The topological polar surface area (TPSA) is 75.6 Å². The minimum atomic E-state index is -3.67. The Bertz CT molecular complexity index is 545. The first kappa shape index (κ1) is 17.4. The molecular formula is C13H20ClNO4S. The van der Waals surface area contributed by atoms with Crippen molar-refractivity contribution >= 4 is 21.6 Å². The van der Waals surface area contributed by atoms with Crippen molar-refractivity contribution in [3.05, 3.63) is 28.8 Å². The fraction of sp³-hybridized carbons (Fsp3) is 0.538. The number of hydrogen-bond acceptors (Lipinski definition) is 4. The van der Waals surface area contributed by atoms with Crippen molar-refractivity contribution in [3.63, 3.8) is 0 Å². The van der Waals surface area contributed by atoms with E-state index in [0.29, 0.717) is 12.2 Å². The molecule has 0 aliphatic carbocycles. The minimum Gasteiger partial charge on any atom is -0.392 e. The zero-order valence-electron chi connectivity index (χ0n) is 11.8. The molecule has 1 atom stereocenters. The lowest BCUT2D eigenvalue weighted by atomic mass is 10.1. The van der Waals surface area contributed by atoms with E-state index < -0.39 is 10.0 Å². The molecule has 114 valence electrons. The summed E-state index contributed by atoms with van der Waals surface area (Å²) in [7, 11) is -2.15. The largest absolute Gasteiger partial charge is 0.392 e. The fourth-order valence-corrected chi connectivity index (χ4v) is 3.33. The third-order valence-electron chi connectivity index (χ3n) is 2.96. The number of sulfonamides is 1. The maximum Gasteiger partial charge on any atom is 0.240 e. The number of halogens is 1. The van der Waals surface area contributed by atoms with Crippen LogP contribution in [-0.2, 0) is 21.4 Å². The molecule has 1 rings (SSSR count). The second-order valence-corrected chi connectivity index (χ2v) is 6.96. The van der Waals surface area contributed by atoms with Gasteiger partial charge < -0.3 is 9.84 Å². The van der Waals surface area contributed by atoms with Crippen LogP contribution in [0.3, 0.4) is 0 Å². The lowest BCUT2D eigenvalue weighted by Gasteiger charge is -2.21. The summed E-state index contributed by atoms with van der Waals surface area (Å²) in [4.78, 5) is 0.0708. The van der Waals surface area contributed by atoms with Crippen LogP contribution < -0.4 is 4.72 Å². The highest BCUT2D eigenvalue weighted by Crippen LogP contribution is 2.21. The summed E-state index contributed by atoms with van der Waals surface area (Å²) in [5.74, 6) is 0.0944. The summed E-state index contributed by atoms with van der Waals surface area (Å²) < 4.78 is 32.2. The first-order valence-electron chi connectivity index (χ1n) is 6.22. The molecular weight excluding hydrogens is 302 g/mol. The lowest BCUT2D eigenvalue weighted by Crippen LogP contribution is -2.41. The van der Waals surface area contributed by atoms with E-state index in [9.17, 15) is 8.42 Å². The number of hydrogen-bond donors (Lipinski definition) is 2. The Morgan fingerprint density at radius 2 is 2.05 bits per heavy atom. The Hall–Kier alpha value is -0.660. The highest BCUT2D eigenvalue weighted by Gasteiger charge is 2.23. The molecule has 0 spiro atoms. The van der Waals surface area contributed by atoms with Crippen LogP contribution in [0.2, 0.25) is 5.02 Å². The van der Waals surface area contributed by atoms with E-state index in [4.69, 9.17) is 21.4 Å². The summed E-state index contributed by atoms with van der Waals surface area (Å²) in [5.41, 5.74) is 0.489. The molecule has 2 N–H and O–H groups in total. The third kappa shape index (κ3) is 4.43. The van der Waals surface area contributed by atoms with Crippen molar-refractivity contribution in [2.24, 2.45) is 5.92 Å². The van der Waals surface area contributed by atoms with E-state index in [1.807, 2.05) is 13.8 Å². The van der Waals surface area contributed by atoms with Crippen LogP contribution in [0.15, 0.2) is 23.1 Å². The lowest BCUT2D eigenvalue weighted by molar-refractivity contribution is 0.157. The molecule has 1 aromatic rings. The van der Waals surface area contributed by atoms with Gasteiger partial charge in [0.2, 0.25) is 10.0 Å². The number of ether oxygens (including phenoxy) is 1. The minimum absolute atomic E-state index is 0.0708. The van der Waals surface area contributed by atoms with E-state index in [1.54, 1.807) is 0 Å². The van der Waals surface area contributed by atoms with Gasteiger partial charge in [-0.1, -0.05) is 31.5 Å². The van der Waals surface area contributed by atoms with Crippen molar-refractivity contribution < 1.29 is 18.3 Å². The van der Waals surface area contributed by atoms with Gasteiger partial charge in [0.05, 0.1) is 18.1 Å². The normalized spacial score (nSPS) is 13.7. The van der Waals surface area contributed by atoms with E-state index >= 15 is 0 Å². The van der Waals surface area contributed by atoms with Crippen molar-refractivity contribution in [3.8, 4) is 0 Å². The smallest absolute Gasteiger partial charge is 0.240 e. The average Bonchev–Trinajstić information content (AvgIpc) is 2.37. The monoisotopic (exact) mass is 321 g/mol. The van der Waals surface area contributed by atoms with Crippen LogP contribution in [-0.4, -0.2) is 33.3 Å². The van der Waals surface area contributed by atoms with Gasteiger partial charge in [-0.05, 0) is 23.6 Å². The van der Waals surface area contributed by atoms with E-state index in [2.05, 4.69) is 4.72 Å². The summed E-state index contributed by atoms with van der Waals surface area (Å²) in [6, 6.07) is 3.93. The second-order valence-electron chi connectivity index (χ2n) is 4.84. The average molecular weight is 322 g/mol. The van der Waals surface area contributed by atoms with Gasteiger partial charge in [-0.2, -0.15) is 0 Å². The van der Waals surface area contributed by atoms with Crippen LogP contribution in [0.5, 0.6) is 0 Å². The molecule has 0 fully saturated rings. The first-order chi connectivity index (χ1) is 9.31. The molecule has 5 nitrogen and oxygen atoms in total. The Labute approximate surface area is 125 Å². The molecule has 0 bridgehead atoms. The maximum absolute atomic E-state index is 12.3. The predicted octanol–water partition coefficient (Wildman–Crippen LogP) is 1.78. The summed E-state index contributed by atoms with van der Waals surface area (Å²) in [5, 5.41) is 9.26. The zero-order valence-corrected chi connectivity index (χ0v) is 13.3. The molecule has 0 saturated heterocycles. The molecule has 1 unspecified atom stereocenters. The molecule has 0 saturated carbocycles. The summed E-state index contributed by atoms with van der Waals surface area (Å²) in [6.45, 7) is 3.88. The van der Waals surface area contributed by atoms with Gasteiger partial charge in [-0.3, -0.25) is 0 Å². The zero-order chi connectivity index (χ0) is 15.3. The number of rotatable bonds is 7. The molecule has 0 radical (unpaired) electrons. The number of aliphatic hydroxyl groups is 1. The number of benzene rings is 1. The van der Waals surface area contributed by atoms with Crippen LogP contribution >= 0.6 is 11.6 Å². The second kappa shape index (κ2) is 7.38. The molecule has 20 heavy (non-hydrogen) atoms. The Morgan fingerprint density at radius 1 is 1.40 bits per heavy atom. The van der Waals surface area contributed by atoms with Crippen LogP contribution in [0.25, 0.3) is 0 Å². The SMILES string of the molecule is COCC(NS(=O)(=O)c1ccc(CO)c(Cl)c1)C(C)C. The van der Waals surface area contributed by atoms with Gasteiger partial charge in [0.1, 0.15) is 0 Å². The van der Waals surface area contributed by atoms with Gasteiger partial charge in [0.15, 0.2) is 0 Å². The standard InChI is InChI=1S/C13H20ClNO4S/c1-9(2)13(8-19-3)15-20(17,18)11-5-4-10(7-16)12(14)6-11/h4-6,9,13,15-16H,7-8H2,1-3H3. The Balaban J connectivity index is 3.01. The van der Waals surface area contributed by atoms with Crippen LogP contribution in [0.4, 0.5) is 0 Å². The van der Waals surface area contributed by atoms with E-state index in [-0.39, 0.29) is 28.5 Å². The van der Waals surface area contributed by atoms with E-state index in [1.165, 1.54) is 25.3 Å².